The maximum absolute atomic E-state index is 13.5. The number of hydrogen-bond acceptors (Lipinski definition) is 8. The molecule has 0 spiro atoms. The molecule has 1 amide bonds. The molecule has 9 nitrogen and oxygen atoms in total. The molecule has 290 valence electrons. The van der Waals surface area contributed by atoms with Gasteiger partial charge in [0.1, 0.15) is 47.9 Å². The topological polar surface area (TPSA) is 84.9 Å². The second-order valence-electron chi connectivity index (χ2n) is 15.3. The van der Waals surface area contributed by atoms with Crippen LogP contribution in [0, 0.1) is 11.8 Å². The first-order valence-corrected chi connectivity index (χ1v) is 19.0. The molecule has 0 radical (unpaired) electrons. The SMILES string of the molecule is CC(C)(C)OC(=O)N1[C@@H](C#C[C@@H]2O[C@H](COCc3ccccc3)[C@@H](OCc3ccccc3)[C@H](OCc3ccccc3)[C@H]2OCc2ccccc2)COC1(C)C. The van der Waals surface area contributed by atoms with E-state index in [1.165, 1.54) is 0 Å². The quantitative estimate of drug-likeness (QED) is 0.127. The zero-order valence-electron chi connectivity index (χ0n) is 32.5. The third kappa shape index (κ3) is 11.5. The molecule has 0 bridgehead atoms. The smallest absolute Gasteiger partial charge is 0.413 e. The summed E-state index contributed by atoms with van der Waals surface area (Å²) in [6.45, 7) is 11.0. The van der Waals surface area contributed by atoms with Crippen molar-refractivity contribution in [3.63, 3.8) is 0 Å². The summed E-state index contributed by atoms with van der Waals surface area (Å²) in [5.74, 6) is 6.71. The van der Waals surface area contributed by atoms with Crippen LogP contribution in [0.3, 0.4) is 0 Å². The molecule has 6 atom stereocenters. The van der Waals surface area contributed by atoms with Gasteiger partial charge in [-0.15, -0.1) is 0 Å². The predicted molar refractivity (Wildman–Crippen MR) is 209 cm³/mol. The molecule has 2 heterocycles. The van der Waals surface area contributed by atoms with E-state index in [9.17, 15) is 4.79 Å². The van der Waals surface area contributed by atoms with Gasteiger partial charge in [-0.3, -0.25) is 4.90 Å². The third-order valence-electron chi connectivity index (χ3n) is 9.35. The lowest BCUT2D eigenvalue weighted by atomic mass is 9.93. The zero-order valence-corrected chi connectivity index (χ0v) is 32.5. The summed E-state index contributed by atoms with van der Waals surface area (Å²) in [4.78, 5) is 15.1. The molecule has 0 aliphatic carbocycles. The number of benzene rings is 4. The van der Waals surface area contributed by atoms with Gasteiger partial charge in [0.25, 0.3) is 0 Å². The molecule has 55 heavy (non-hydrogen) atoms. The molecule has 2 fully saturated rings. The largest absolute Gasteiger partial charge is 0.444 e. The third-order valence-corrected chi connectivity index (χ3v) is 9.35. The number of ether oxygens (including phenoxy) is 7. The lowest BCUT2D eigenvalue weighted by Crippen LogP contribution is -2.61. The van der Waals surface area contributed by atoms with Crippen molar-refractivity contribution in [1.82, 2.24) is 4.90 Å². The van der Waals surface area contributed by atoms with Crippen LogP contribution in [-0.2, 0) is 59.6 Å². The van der Waals surface area contributed by atoms with Gasteiger partial charge in [0, 0.05) is 0 Å². The molecule has 9 heteroatoms. The van der Waals surface area contributed by atoms with Gasteiger partial charge in [0.15, 0.2) is 0 Å². The minimum atomic E-state index is -0.927. The Morgan fingerprint density at radius 3 is 1.62 bits per heavy atom. The van der Waals surface area contributed by atoms with Crippen molar-refractivity contribution in [3.05, 3.63) is 144 Å². The van der Waals surface area contributed by atoms with Crippen molar-refractivity contribution in [2.45, 2.75) is 109 Å². The molecular formula is C46H53NO8. The van der Waals surface area contributed by atoms with Crippen LogP contribution in [0.5, 0.6) is 0 Å². The fourth-order valence-electron chi connectivity index (χ4n) is 6.65. The molecule has 2 aliphatic rings. The van der Waals surface area contributed by atoms with Gasteiger partial charge in [-0.1, -0.05) is 133 Å². The minimum Gasteiger partial charge on any atom is -0.444 e. The monoisotopic (exact) mass is 747 g/mol. The Labute approximate surface area is 325 Å². The first-order chi connectivity index (χ1) is 26.6. The van der Waals surface area contributed by atoms with E-state index in [1.807, 2.05) is 156 Å². The molecular weight excluding hydrogens is 695 g/mol. The summed E-state index contributed by atoms with van der Waals surface area (Å²) in [6.07, 6.45) is -3.76. The Bertz CT molecular complexity index is 1820. The van der Waals surface area contributed by atoms with Crippen LogP contribution in [0.2, 0.25) is 0 Å². The van der Waals surface area contributed by atoms with Crippen LogP contribution < -0.4 is 0 Å². The van der Waals surface area contributed by atoms with Crippen molar-refractivity contribution in [1.29, 1.82) is 0 Å². The van der Waals surface area contributed by atoms with Crippen molar-refractivity contribution < 1.29 is 38.0 Å². The number of hydrogen-bond donors (Lipinski definition) is 0. The summed E-state index contributed by atoms with van der Waals surface area (Å²) < 4.78 is 45.5. The summed E-state index contributed by atoms with van der Waals surface area (Å²) in [5.41, 5.74) is 2.45. The van der Waals surface area contributed by atoms with E-state index in [0.29, 0.717) is 26.4 Å². The van der Waals surface area contributed by atoms with E-state index >= 15 is 0 Å². The average Bonchev–Trinajstić information content (AvgIpc) is 3.49. The van der Waals surface area contributed by atoms with Gasteiger partial charge in [-0.05, 0) is 56.9 Å². The lowest BCUT2D eigenvalue weighted by molar-refractivity contribution is -0.261. The van der Waals surface area contributed by atoms with Crippen molar-refractivity contribution in [3.8, 4) is 11.8 Å². The highest BCUT2D eigenvalue weighted by Crippen LogP contribution is 2.33. The number of rotatable bonds is 13. The Hall–Kier alpha value is -4.53. The number of amides is 1. The molecule has 0 N–H and O–H groups in total. The summed E-state index contributed by atoms with van der Waals surface area (Å²) >= 11 is 0. The van der Waals surface area contributed by atoms with Gasteiger partial charge < -0.3 is 33.2 Å². The number of nitrogens with zero attached hydrogens (tertiary/aromatic N) is 1. The van der Waals surface area contributed by atoms with Gasteiger partial charge in [-0.2, -0.15) is 0 Å². The fraction of sp³-hybridized carbons (Fsp3) is 0.413. The van der Waals surface area contributed by atoms with Crippen molar-refractivity contribution >= 4 is 6.09 Å². The van der Waals surface area contributed by atoms with Crippen LogP contribution in [0.1, 0.15) is 56.9 Å². The molecule has 2 saturated heterocycles. The highest BCUT2D eigenvalue weighted by atomic mass is 16.6. The van der Waals surface area contributed by atoms with E-state index in [1.54, 1.807) is 4.90 Å². The van der Waals surface area contributed by atoms with Crippen LogP contribution >= 0.6 is 0 Å². The standard InChI is InChI=1S/C46H53NO8/c1-45(2,3)55-44(48)47-38(32-53-46(47,4)5)26-27-39-41(50-29-35-20-12-7-13-21-35)43(52-31-37-24-16-9-17-25-37)42(51-30-36-22-14-8-15-23-36)40(54-39)33-49-28-34-18-10-6-11-19-34/h6-25,38-43H,28-33H2,1-5H3/t38-,39-,40+,41-,42+,43+/m0/s1. The minimum absolute atomic E-state index is 0.210. The highest BCUT2D eigenvalue weighted by molar-refractivity contribution is 5.70. The molecule has 4 aromatic rings. The van der Waals surface area contributed by atoms with Crippen LogP contribution in [0.25, 0.3) is 0 Å². The normalized spacial score (nSPS) is 23.5. The predicted octanol–water partition coefficient (Wildman–Crippen LogP) is 8.10. The Morgan fingerprint density at radius 2 is 1.13 bits per heavy atom. The van der Waals surface area contributed by atoms with Crippen LogP contribution in [0.4, 0.5) is 4.79 Å². The van der Waals surface area contributed by atoms with Crippen LogP contribution in [-0.4, -0.2) is 72.1 Å². The second-order valence-corrected chi connectivity index (χ2v) is 15.3. The summed E-state index contributed by atoms with van der Waals surface area (Å²) in [5, 5.41) is 0. The molecule has 0 aromatic heterocycles. The second kappa shape index (κ2) is 18.9. The molecule has 4 aromatic carbocycles. The van der Waals surface area contributed by atoms with Gasteiger partial charge in [0.2, 0.25) is 0 Å². The summed E-state index contributed by atoms with van der Waals surface area (Å²) in [6, 6.07) is 39.5. The highest BCUT2D eigenvalue weighted by Gasteiger charge is 2.49. The fourth-order valence-corrected chi connectivity index (χ4v) is 6.65. The molecule has 2 aliphatic heterocycles. The van der Waals surface area contributed by atoms with Gasteiger partial charge in [0.05, 0.1) is 39.6 Å². The summed E-state index contributed by atoms with van der Waals surface area (Å²) in [7, 11) is 0. The maximum Gasteiger partial charge on any atom is 0.413 e. The Kier molecular flexibility index (Phi) is 13.8. The van der Waals surface area contributed by atoms with Crippen molar-refractivity contribution in [2.75, 3.05) is 13.2 Å². The van der Waals surface area contributed by atoms with E-state index < -0.39 is 54.0 Å². The van der Waals surface area contributed by atoms with Crippen molar-refractivity contribution in [2.24, 2.45) is 0 Å². The molecule has 6 rings (SSSR count). The van der Waals surface area contributed by atoms with Gasteiger partial charge in [-0.25, -0.2) is 4.79 Å². The molecule has 0 unspecified atom stereocenters. The van der Waals surface area contributed by atoms with Crippen LogP contribution in [0.15, 0.2) is 121 Å². The number of carbonyl (C=O) groups is 1. The van der Waals surface area contributed by atoms with E-state index in [4.69, 9.17) is 33.2 Å². The first kappa shape index (κ1) is 40.1. The first-order valence-electron chi connectivity index (χ1n) is 19.0. The Balaban J connectivity index is 1.35. The van der Waals surface area contributed by atoms with E-state index in [0.717, 1.165) is 22.3 Å². The van der Waals surface area contributed by atoms with E-state index in [2.05, 4.69) is 11.8 Å². The number of carbonyl (C=O) groups excluding carboxylic acids is 1. The zero-order chi connectivity index (χ0) is 38.7. The van der Waals surface area contributed by atoms with E-state index in [-0.39, 0.29) is 13.2 Å². The Morgan fingerprint density at radius 1 is 0.673 bits per heavy atom. The average molecular weight is 748 g/mol. The van der Waals surface area contributed by atoms with Gasteiger partial charge >= 0.3 is 6.09 Å². The molecule has 0 saturated carbocycles. The maximum atomic E-state index is 13.5. The lowest BCUT2D eigenvalue weighted by Gasteiger charge is -2.45.